The Bertz CT molecular complexity index is 547. The average molecular weight is 273 g/mol. The van der Waals surface area contributed by atoms with Gasteiger partial charge in [0, 0.05) is 36.6 Å². The van der Waals surface area contributed by atoms with Crippen LogP contribution in [0, 0.1) is 5.92 Å². The van der Waals surface area contributed by atoms with E-state index in [0.29, 0.717) is 12.8 Å². The molecule has 1 amide bonds. The van der Waals surface area contributed by atoms with Gasteiger partial charge in [-0.15, -0.1) is 0 Å². The number of ketones is 1. The van der Waals surface area contributed by atoms with Gasteiger partial charge >= 0.3 is 0 Å². The Balaban J connectivity index is 1.87. The third-order valence-corrected chi connectivity index (χ3v) is 4.30. The molecule has 0 spiro atoms. The lowest BCUT2D eigenvalue weighted by Gasteiger charge is -2.27. The van der Waals surface area contributed by atoms with Gasteiger partial charge in [-0.3, -0.25) is 9.59 Å². The van der Waals surface area contributed by atoms with Crippen LogP contribution in [0.4, 0.5) is 0 Å². The van der Waals surface area contributed by atoms with Crippen molar-refractivity contribution >= 4 is 11.7 Å². The normalized spacial score (nSPS) is 21.8. The second-order valence-corrected chi connectivity index (χ2v) is 5.55. The predicted octanol–water partition coefficient (Wildman–Crippen LogP) is 2.06. The number of Topliss-reactive ketones (excluding diaryl/α,β-unsaturated/α-hetero) is 1. The number of benzene rings is 1. The summed E-state index contributed by atoms with van der Waals surface area (Å²) in [5.41, 5.74) is 1.61. The molecule has 0 saturated carbocycles. The summed E-state index contributed by atoms with van der Waals surface area (Å²) < 4.78 is 5.34. The molecule has 1 unspecified atom stereocenters. The lowest BCUT2D eigenvalue weighted by atomic mass is 9.82. The molecule has 1 heterocycles. The van der Waals surface area contributed by atoms with Gasteiger partial charge in [-0.05, 0) is 25.3 Å². The van der Waals surface area contributed by atoms with Gasteiger partial charge in [0.05, 0.1) is 7.11 Å². The molecule has 1 aromatic rings. The van der Waals surface area contributed by atoms with Crippen molar-refractivity contribution in [3.63, 3.8) is 0 Å². The Hall–Kier alpha value is -1.84. The third-order valence-electron chi connectivity index (χ3n) is 4.30. The molecule has 20 heavy (non-hydrogen) atoms. The number of amides is 1. The quantitative estimate of drug-likeness (QED) is 0.828. The number of nitrogens with zero attached hydrogens (tertiary/aromatic N) is 1. The van der Waals surface area contributed by atoms with E-state index in [2.05, 4.69) is 0 Å². The summed E-state index contributed by atoms with van der Waals surface area (Å²) in [6, 6.07) is 5.52. The summed E-state index contributed by atoms with van der Waals surface area (Å²) in [4.78, 5) is 26.6. The topological polar surface area (TPSA) is 46.6 Å². The van der Waals surface area contributed by atoms with Gasteiger partial charge < -0.3 is 9.64 Å². The minimum absolute atomic E-state index is 0.0581. The van der Waals surface area contributed by atoms with Crippen LogP contribution in [-0.4, -0.2) is 36.8 Å². The van der Waals surface area contributed by atoms with Crippen LogP contribution >= 0.6 is 0 Å². The number of carbonyl (C=O) groups excluding carboxylic acids is 2. The second-order valence-electron chi connectivity index (χ2n) is 5.55. The molecular formula is C16H19NO3. The predicted molar refractivity (Wildman–Crippen MR) is 74.9 cm³/mol. The van der Waals surface area contributed by atoms with Crippen molar-refractivity contribution in [2.45, 2.75) is 25.7 Å². The van der Waals surface area contributed by atoms with Gasteiger partial charge in [-0.25, -0.2) is 0 Å². The van der Waals surface area contributed by atoms with Crippen LogP contribution in [0.3, 0.4) is 0 Å². The third kappa shape index (κ3) is 2.19. The first-order valence-corrected chi connectivity index (χ1v) is 7.18. The molecule has 4 nitrogen and oxygen atoms in total. The van der Waals surface area contributed by atoms with E-state index in [1.54, 1.807) is 7.11 Å². The van der Waals surface area contributed by atoms with Gasteiger partial charge in [0.2, 0.25) is 5.91 Å². The molecular weight excluding hydrogens is 254 g/mol. The van der Waals surface area contributed by atoms with E-state index in [1.165, 1.54) is 0 Å². The Kier molecular flexibility index (Phi) is 3.47. The molecule has 1 fully saturated rings. The standard InChI is InChI=1S/C16H19NO3/c1-20-15-6-4-5-12-13(15)9-11(10-14(12)18)16(19)17-7-2-3-8-17/h4-6,11H,2-3,7-10H2,1H3. The van der Waals surface area contributed by atoms with E-state index in [1.807, 2.05) is 23.1 Å². The van der Waals surface area contributed by atoms with Crippen molar-refractivity contribution in [2.24, 2.45) is 5.92 Å². The molecule has 2 aliphatic rings. The van der Waals surface area contributed by atoms with Crippen molar-refractivity contribution < 1.29 is 14.3 Å². The first-order valence-electron chi connectivity index (χ1n) is 7.18. The van der Waals surface area contributed by atoms with Crippen LogP contribution in [0.15, 0.2) is 18.2 Å². The van der Waals surface area contributed by atoms with Crippen LogP contribution < -0.4 is 4.74 Å². The summed E-state index contributed by atoms with van der Waals surface area (Å²) in [5.74, 6) is 0.689. The van der Waals surface area contributed by atoms with E-state index in [4.69, 9.17) is 4.74 Å². The number of methoxy groups -OCH3 is 1. The smallest absolute Gasteiger partial charge is 0.226 e. The second kappa shape index (κ2) is 5.27. The zero-order chi connectivity index (χ0) is 14.1. The summed E-state index contributed by atoms with van der Waals surface area (Å²) >= 11 is 0. The van der Waals surface area contributed by atoms with Crippen LogP contribution in [0.2, 0.25) is 0 Å². The zero-order valence-corrected chi connectivity index (χ0v) is 11.7. The molecule has 106 valence electrons. The number of carbonyl (C=O) groups is 2. The monoisotopic (exact) mass is 273 g/mol. The van der Waals surface area contributed by atoms with Crippen LogP contribution in [0.5, 0.6) is 5.75 Å². The van der Waals surface area contributed by atoms with Crippen molar-refractivity contribution in [3.8, 4) is 5.75 Å². The van der Waals surface area contributed by atoms with Crippen molar-refractivity contribution in [1.82, 2.24) is 4.90 Å². The van der Waals surface area contributed by atoms with Gasteiger partial charge in [-0.1, -0.05) is 12.1 Å². The maximum absolute atomic E-state index is 12.5. The van der Waals surface area contributed by atoms with Crippen molar-refractivity contribution in [3.05, 3.63) is 29.3 Å². The van der Waals surface area contributed by atoms with Crippen molar-refractivity contribution in [1.29, 1.82) is 0 Å². The lowest BCUT2D eigenvalue weighted by molar-refractivity contribution is -0.134. The molecule has 0 radical (unpaired) electrons. The number of hydrogen-bond acceptors (Lipinski definition) is 3. The molecule has 0 aromatic heterocycles. The van der Waals surface area contributed by atoms with Crippen molar-refractivity contribution in [2.75, 3.05) is 20.2 Å². The highest BCUT2D eigenvalue weighted by atomic mass is 16.5. The molecule has 1 atom stereocenters. The first-order chi connectivity index (χ1) is 9.70. The Morgan fingerprint density at radius 1 is 1.25 bits per heavy atom. The molecule has 1 aromatic carbocycles. The van der Waals surface area contributed by atoms with Gasteiger partial charge in [-0.2, -0.15) is 0 Å². The van der Waals surface area contributed by atoms with Crippen LogP contribution in [0.1, 0.15) is 35.2 Å². The SMILES string of the molecule is COc1cccc2c1CC(C(=O)N1CCCC1)CC2=O. The van der Waals surface area contributed by atoms with Gasteiger partial charge in [0.15, 0.2) is 5.78 Å². The van der Waals surface area contributed by atoms with E-state index >= 15 is 0 Å². The highest BCUT2D eigenvalue weighted by Crippen LogP contribution is 2.33. The highest BCUT2D eigenvalue weighted by Gasteiger charge is 2.34. The largest absolute Gasteiger partial charge is 0.496 e. The Morgan fingerprint density at radius 2 is 2.00 bits per heavy atom. The zero-order valence-electron chi connectivity index (χ0n) is 11.7. The number of fused-ring (bicyclic) bond motifs is 1. The van der Waals surface area contributed by atoms with Gasteiger partial charge in [0.1, 0.15) is 5.75 Å². The fourth-order valence-corrected chi connectivity index (χ4v) is 3.25. The summed E-state index contributed by atoms with van der Waals surface area (Å²) in [6.07, 6.45) is 3.09. The minimum atomic E-state index is -0.218. The Morgan fingerprint density at radius 3 is 2.70 bits per heavy atom. The van der Waals surface area contributed by atoms with E-state index in [-0.39, 0.29) is 17.6 Å². The fraction of sp³-hybridized carbons (Fsp3) is 0.500. The fourth-order valence-electron chi connectivity index (χ4n) is 3.25. The number of hydrogen-bond donors (Lipinski definition) is 0. The maximum atomic E-state index is 12.5. The molecule has 0 N–H and O–H groups in total. The van der Waals surface area contributed by atoms with Crippen LogP contribution in [-0.2, 0) is 11.2 Å². The van der Waals surface area contributed by atoms with Gasteiger partial charge in [0.25, 0.3) is 0 Å². The molecule has 3 rings (SSSR count). The summed E-state index contributed by atoms with van der Waals surface area (Å²) in [6.45, 7) is 1.67. The minimum Gasteiger partial charge on any atom is -0.496 e. The molecule has 0 bridgehead atoms. The number of rotatable bonds is 2. The maximum Gasteiger partial charge on any atom is 0.226 e. The summed E-state index contributed by atoms with van der Waals surface area (Å²) in [5, 5.41) is 0. The van der Waals surface area contributed by atoms with Crippen LogP contribution in [0.25, 0.3) is 0 Å². The van der Waals surface area contributed by atoms with E-state index < -0.39 is 0 Å². The van der Waals surface area contributed by atoms with E-state index in [0.717, 1.165) is 42.8 Å². The number of ether oxygens (including phenoxy) is 1. The number of likely N-dealkylation sites (tertiary alicyclic amines) is 1. The first kappa shape index (κ1) is 13.2. The Labute approximate surface area is 118 Å². The molecule has 4 heteroatoms. The summed E-state index contributed by atoms with van der Waals surface area (Å²) in [7, 11) is 1.60. The lowest BCUT2D eigenvalue weighted by Crippen LogP contribution is -2.38. The highest BCUT2D eigenvalue weighted by molar-refractivity contribution is 6.02. The molecule has 1 saturated heterocycles. The van der Waals surface area contributed by atoms with E-state index in [9.17, 15) is 9.59 Å². The average Bonchev–Trinajstić information content (AvgIpc) is 3.00. The molecule has 1 aliphatic heterocycles. The molecule has 1 aliphatic carbocycles.